The minimum Gasteiger partial charge on any atom is -0.465 e. The van der Waals surface area contributed by atoms with Crippen LogP contribution in [-0.4, -0.2) is 32.1 Å². The summed E-state index contributed by atoms with van der Waals surface area (Å²) in [4.78, 5) is 21.7. The Morgan fingerprint density at radius 1 is 1.33 bits per heavy atom. The van der Waals surface area contributed by atoms with Crippen LogP contribution in [0.5, 0.6) is 0 Å². The lowest BCUT2D eigenvalue weighted by Gasteiger charge is -2.31. The van der Waals surface area contributed by atoms with Crippen molar-refractivity contribution < 1.29 is 9.90 Å². The number of nitrogens with zero attached hydrogens (tertiary/aromatic N) is 2. The third-order valence-electron chi connectivity index (χ3n) is 5.85. The molecule has 1 saturated carbocycles. The summed E-state index contributed by atoms with van der Waals surface area (Å²) in [6.45, 7) is 0. The van der Waals surface area contributed by atoms with Gasteiger partial charge in [-0.25, -0.2) is 9.78 Å². The van der Waals surface area contributed by atoms with Gasteiger partial charge in [0.2, 0.25) is 0 Å². The normalized spacial score (nSPS) is 27.2. The van der Waals surface area contributed by atoms with E-state index in [1.807, 2.05) is 6.07 Å². The van der Waals surface area contributed by atoms with E-state index >= 15 is 0 Å². The zero-order chi connectivity index (χ0) is 16.4. The van der Waals surface area contributed by atoms with Crippen LogP contribution in [0.15, 0.2) is 22.7 Å². The molecule has 2 fully saturated rings. The first kappa shape index (κ1) is 14.5. The molecule has 5 nitrogen and oxygen atoms in total. The molecule has 5 rings (SSSR count). The Labute approximate surface area is 148 Å². The van der Waals surface area contributed by atoms with Crippen molar-refractivity contribution in [2.24, 2.45) is 5.92 Å². The largest absolute Gasteiger partial charge is 0.465 e. The molecule has 2 N–H and O–H groups in total. The Kier molecular flexibility index (Phi) is 3.08. The van der Waals surface area contributed by atoms with E-state index in [1.54, 1.807) is 4.90 Å². The molecule has 3 unspecified atom stereocenters. The number of imidazole rings is 1. The summed E-state index contributed by atoms with van der Waals surface area (Å²) in [6, 6.07) is 6.38. The summed E-state index contributed by atoms with van der Waals surface area (Å²) in [5.41, 5.74) is 4.63. The van der Waals surface area contributed by atoms with Crippen LogP contribution >= 0.6 is 15.9 Å². The van der Waals surface area contributed by atoms with Crippen molar-refractivity contribution in [1.29, 1.82) is 0 Å². The first-order valence-electron chi connectivity index (χ1n) is 8.50. The van der Waals surface area contributed by atoms with Crippen molar-refractivity contribution in [3.8, 4) is 11.3 Å². The van der Waals surface area contributed by atoms with Gasteiger partial charge in [-0.1, -0.05) is 22.0 Å². The second-order valence-electron chi connectivity index (χ2n) is 7.11. The molecule has 3 aliphatic rings. The molecule has 1 saturated heterocycles. The SMILES string of the molecule is O=C(O)N1C2CCC(C2)C1c1nc2c([nH]1)CCc1cc(Br)ccc1-2. The predicted octanol–water partition coefficient (Wildman–Crippen LogP) is 4.14. The van der Waals surface area contributed by atoms with Gasteiger partial charge in [0.05, 0.1) is 11.7 Å². The van der Waals surface area contributed by atoms with E-state index in [4.69, 9.17) is 4.98 Å². The average molecular weight is 388 g/mol. The molecule has 24 heavy (non-hydrogen) atoms. The van der Waals surface area contributed by atoms with E-state index in [2.05, 4.69) is 33.0 Å². The molecule has 1 aromatic carbocycles. The Hall–Kier alpha value is -1.82. The summed E-state index contributed by atoms with van der Waals surface area (Å²) in [5.74, 6) is 1.24. The van der Waals surface area contributed by atoms with E-state index in [-0.39, 0.29) is 12.1 Å². The second kappa shape index (κ2) is 5.09. The van der Waals surface area contributed by atoms with Crippen molar-refractivity contribution in [1.82, 2.24) is 14.9 Å². The molecule has 2 aromatic rings. The molecule has 1 amide bonds. The second-order valence-corrected chi connectivity index (χ2v) is 8.03. The molecular formula is C18H18BrN3O2. The smallest absolute Gasteiger partial charge is 0.408 e. The summed E-state index contributed by atoms with van der Waals surface area (Å²) in [5, 5.41) is 9.64. The van der Waals surface area contributed by atoms with Gasteiger partial charge in [-0.15, -0.1) is 0 Å². The number of H-pyrrole nitrogens is 1. The number of likely N-dealkylation sites (tertiary alicyclic amines) is 1. The number of aryl methyl sites for hydroxylation is 2. The third-order valence-corrected chi connectivity index (χ3v) is 6.34. The lowest BCUT2D eigenvalue weighted by atomic mass is 9.92. The van der Waals surface area contributed by atoms with Crippen molar-refractivity contribution in [2.75, 3.05) is 0 Å². The Bertz CT molecular complexity index is 847. The summed E-state index contributed by atoms with van der Waals surface area (Å²) >= 11 is 3.54. The topological polar surface area (TPSA) is 69.2 Å². The van der Waals surface area contributed by atoms with Crippen molar-refractivity contribution in [3.05, 3.63) is 39.8 Å². The fourth-order valence-electron chi connectivity index (χ4n) is 4.85. The highest BCUT2D eigenvalue weighted by molar-refractivity contribution is 9.10. The number of benzene rings is 1. The predicted molar refractivity (Wildman–Crippen MR) is 92.9 cm³/mol. The Morgan fingerprint density at radius 3 is 3.04 bits per heavy atom. The van der Waals surface area contributed by atoms with Crippen molar-refractivity contribution >= 4 is 22.0 Å². The van der Waals surface area contributed by atoms with E-state index in [0.717, 1.165) is 53.8 Å². The highest BCUT2D eigenvalue weighted by Gasteiger charge is 2.50. The van der Waals surface area contributed by atoms with Gasteiger partial charge >= 0.3 is 6.09 Å². The van der Waals surface area contributed by atoms with Crippen LogP contribution in [0, 0.1) is 5.92 Å². The van der Waals surface area contributed by atoms with Gasteiger partial charge in [-0.2, -0.15) is 0 Å². The molecule has 2 aliphatic carbocycles. The molecule has 1 aromatic heterocycles. The standard InChI is InChI=1S/C18H18BrN3O2/c19-11-3-5-13-9(7-11)2-6-14-15(13)21-17(20-14)16-10-1-4-12(8-10)22(16)18(23)24/h3,5,7,10,12,16H,1-2,4,6,8H2,(H,20,21)(H,23,24). The summed E-state index contributed by atoms with van der Waals surface area (Å²) < 4.78 is 1.09. The molecule has 1 aliphatic heterocycles. The van der Waals surface area contributed by atoms with Crippen LogP contribution in [0.4, 0.5) is 4.79 Å². The maximum Gasteiger partial charge on any atom is 0.408 e. The molecule has 3 atom stereocenters. The lowest BCUT2D eigenvalue weighted by molar-refractivity contribution is 0.0991. The number of hydrogen-bond acceptors (Lipinski definition) is 2. The Morgan fingerprint density at radius 2 is 2.21 bits per heavy atom. The number of carbonyl (C=O) groups is 1. The van der Waals surface area contributed by atoms with Crippen LogP contribution in [0.25, 0.3) is 11.3 Å². The van der Waals surface area contributed by atoms with E-state index in [9.17, 15) is 9.90 Å². The van der Waals surface area contributed by atoms with Crippen LogP contribution in [0.2, 0.25) is 0 Å². The van der Waals surface area contributed by atoms with E-state index < -0.39 is 6.09 Å². The van der Waals surface area contributed by atoms with Crippen molar-refractivity contribution in [3.63, 3.8) is 0 Å². The summed E-state index contributed by atoms with van der Waals surface area (Å²) in [7, 11) is 0. The summed E-state index contributed by atoms with van der Waals surface area (Å²) in [6.07, 6.45) is 4.18. The number of aromatic nitrogens is 2. The lowest BCUT2D eigenvalue weighted by Crippen LogP contribution is -2.39. The van der Waals surface area contributed by atoms with Crippen LogP contribution in [0.3, 0.4) is 0 Å². The van der Waals surface area contributed by atoms with Gasteiger partial charge in [0.1, 0.15) is 5.82 Å². The average Bonchev–Trinajstić information content (AvgIpc) is 3.27. The first-order chi connectivity index (χ1) is 11.6. The van der Waals surface area contributed by atoms with Gasteiger partial charge in [0.15, 0.2) is 0 Å². The van der Waals surface area contributed by atoms with Gasteiger partial charge in [0, 0.05) is 21.8 Å². The highest BCUT2D eigenvalue weighted by atomic mass is 79.9. The molecule has 2 bridgehead atoms. The molecule has 6 heteroatoms. The van der Waals surface area contributed by atoms with Gasteiger partial charge < -0.3 is 10.1 Å². The number of rotatable bonds is 1. The quantitative estimate of drug-likeness (QED) is 0.772. The molecule has 124 valence electrons. The monoisotopic (exact) mass is 387 g/mol. The van der Waals surface area contributed by atoms with Gasteiger partial charge in [0.25, 0.3) is 0 Å². The number of hydrogen-bond donors (Lipinski definition) is 2. The van der Waals surface area contributed by atoms with E-state index in [0.29, 0.717) is 5.92 Å². The van der Waals surface area contributed by atoms with Crippen LogP contribution < -0.4 is 0 Å². The Balaban J connectivity index is 1.58. The third kappa shape index (κ3) is 1.98. The van der Waals surface area contributed by atoms with Gasteiger partial charge in [-0.05, 0) is 55.7 Å². The van der Waals surface area contributed by atoms with Crippen molar-refractivity contribution in [2.45, 2.75) is 44.2 Å². The highest BCUT2D eigenvalue weighted by Crippen LogP contribution is 2.50. The fourth-order valence-corrected chi connectivity index (χ4v) is 5.26. The number of fused-ring (bicyclic) bond motifs is 5. The number of amides is 1. The zero-order valence-electron chi connectivity index (χ0n) is 13.1. The number of halogens is 1. The molecule has 0 spiro atoms. The zero-order valence-corrected chi connectivity index (χ0v) is 14.7. The van der Waals surface area contributed by atoms with E-state index in [1.165, 1.54) is 11.1 Å². The van der Waals surface area contributed by atoms with Crippen LogP contribution in [0.1, 0.15) is 42.4 Å². The maximum absolute atomic E-state index is 11.7. The van der Waals surface area contributed by atoms with Crippen LogP contribution in [-0.2, 0) is 12.8 Å². The first-order valence-corrected chi connectivity index (χ1v) is 9.30. The molecule has 0 radical (unpaired) electrons. The minimum atomic E-state index is -0.814. The minimum absolute atomic E-state index is 0.106. The maximum atomic E-state index is 11.7. The molecule has 2 heterocycles. The number of carboxylic acid groups (broad SMARTS) is 1. The number of piperidine rings is 1. The molecular weight excluding hydrogens is 370 g/mol. The number of nitrogens with one attached hydrogen (secondary N) is 1. The number of aromatic amines is 1. The van der Waals surface area contributed by atoms with Gasteiger partial charge in [-0.3, -0.25) is 4.90 Å². The fraction of sp³-hybridized carbons (Fsp3) is 0.444.